The number of benzene rings is 3. The molecule has 0 aliphatic rings. The van der Waals surface area contributed by atoms with Crippen LogP contribution in [0.5, 0.6) is 23.0 Å². The molecule has 0 unspecified atom stereocenters. The first-order valence-corrected chi connectivity index (χ1v) is 15.4. The van der Waals surface area contributed by atoms with Crippen LogP contribution in [0.15, 0.2) is 81.3 Å². The fourth-order valence-corrected chi connectivity index (χ4v) is 2.71. The van der Waals surface area contributed by atoms with Gasteiger partial charge in [0, 0.05) is 11.9 Å². The first kappa shape index (κ1) is 64.7. The molecule has 22 heteroatoms. The van der Waals surface area contributed by atoms with Gasteiger partial charge in [0.25, 0.3) is 0 Å². The molecule has 0 spiro atoms. The maximum Gasteiger partial charge on any atom is 2.00 e. The minimum atomic E-state index is -1.08. The number of rotatable bonds is 14. The fourth-order valence-electron chi connectivity index (χ4n) is 2.71. The Bertz CT molecular complexity index is 1550. The van der Waals surface area contributed by atoms with Crippen LogP contribution in [-0.4, -0.2) is 74.8 Å². The second kappa shape index (κ2) is 41.5. The Morgan fingerprint density at radius 2 is 0.672 bits per heavy atom. The van der Waals surface area contributed by atoms with Crippen molar-refractivity contribution in [2.24, 2.45) is 20.6 Å². The maximum atomic E-state index is 12.2. The summed E-state index contributed by atoms with van der Waals surface area (Å²) in [6, 6.07) is 15.5. The predicted octanol–water partition coefficient (Wildman–Crippen LogP) is -1.44. The summed E-state index contributed by atoms with van der Waals surface area (Å²) in [5.74, 6) is -3.74. The Balaban J connectivity index is -0.000000289. The minimum Gasteiger partial charge on any atom is -0.872 e. The summed E-state index contributed by atoms with van der Waals surface area (Å²) in [6.07, 6.45) is 4.81. The zero-order valence-corrected chi connectivity index (χ0v) is 42.0. The van der Waals surface area contributed by atoms with Gasteiger partial charge < -0.3 is 74.6 Å². The predicted molar refractivity (Wildman–Crippen MR) is 190 cm³/mol. The largest absolute Gasteiger partial charge is 2.00 e. The van der Waals surface area contributed by atoms with Crippen LogP contribution >= 0.6 is 0 Å². The Morgan fingerprint density at radius 1 is 0.466 bits per heavy atom. The Hall–Kier alpha value is -5.15. The quantitative estimate of drug-likeness (QED) is 0.0587. The van der Waals surface area contributed by atoms with E-state index in [1.54, 1.807) is 36.4 Å². The van der Waals surface area contributed by atoms with Crippen molar-refractivity contribution in [1.29, 1.82) is 0 Å². The van der Waals surface area contributed by atoms with Crippen LogP contribution in [-0.2, 0) is 102 Å². The molecule has 3 N–H and O–H groups in total. The molecule has 0 heterocycles. The molecule has 3 rings (SSSR count). The van der Waals surface area contributed by atoms with Crippen molar-refractivity contribution < 1.29 is 133 Å². The van der Waals surface area contributed by atoms with Gasteiger partial charge in [-0.1, -0.05) is 92.8 Å². The average molecular weight is 968 g/mol. The van der Waals surface area contributed by atoms with Crippen molar-refractivity contribution in [3.8, 4) is 23.0 Å². The van der Waals surface area contributed by atoms with Gasteiger partial charge >= 0.3 is 58.4 Å². The van der Waals surface area contributed by atoms with Crippen molar-refractivity contribution in [3.63, 3.8) is 0 Å². The molecule has 302 valence electrons. The molecule has 0 atom stereocenters. The molecule has 19 nitrogen and oxygen atoms in total. The first-order chi connectivity index (χ1) is 25.5. The summed E-state index contributed by atoms with van der Waals surface area (Å²) in [7, 11) is 0. The standard InChI is InChI=1S/C26H26N4O8.2C3H6O.2C2H4O2.H2O.3Zn/c31-23-7-3-1-5-19(23)15-27-35-11-13-37-29-17-21-9-10-22(26(34)25(21)33)18-30-38-14-12-36-28-16-20-6-2-4-8-24(20)32;2*1-3(2)4;2*1-2(3)4;;;;/h1-10,15-18,31-34H,11-14H2;2*1-2H3;2*1H3,(H,3,4);1H2;;;/q;;;;;;3*+2/p-5/b27-15+,28-16+,29-17+,30-18+;;;;;;;;. The topological polar surface area (TPSA) is 326 Å². The van der Waals surface area contributed by atoms with E-state index in [1.807, 2.05) is 0 Å². The van der Waals surface area contributed by atoms with Gasteiger partial charge in [-0.3, -0.25) is 0 Å². The number of oxime groups is 4. The molecule has 0 aromatic heterocycles. The summed E-state index contributed by atoms with van der Waals surface area (Å²) in [5, 5.41) is 79.8. The number of carbonyl (C=O) groups is 4. The van der Waals surface area contributed by atoms with E-state index in [9.17, 15) is 30.0 Å². The molecule has 0 saturated heterocycles. The zero-order valence-electron chi connectivity index (χ0n) is 33.1. The van der Waals surface area contributed by atoms with E-state index < -0.39 is 23.4 Å². The summed E-state index contributed by atoms with van der Waals surface area (Å²) in [4.78, 5) is 56.5. The normalized spacial score (nSPS) is 9.34. The molecule has 3 aromatic rings. The van der Waals surface area contributed by atoms with Gasteiger partial charge in [0.1, 0.15) is 11.6 Å². The number of hydrogen-bond acceptors (Lipinski definition) is 18. The Morgan fingerprint density at radius 3 is 0.897 bits per heavy atom. The number of carboxylic acid groups (broad SMARTS) is 2. The molecule has 0 bridgehead atoms. The SMILES string of the molecule is CC(=O)[O-].CC(=O)[O-].CC(C)=O.CC(C)=O.[O-]c1ccccc1/C=N/OCCO/N=C/c1ccc(/C=N/OCCO/N=C/c2ccccc2[O-])c([O-])c1[O-].[OH3+].[Zn+2].[Zn+2].[Zn+2]. The number of carboxylic acids is 2. The summed E-state index contributed by atoms with van der Waals surface area (Å²) >= 11 is 0. The van der Waals surface area contributed by atoms with Gasteiger partial charge in [-0.2, -0.15) is 0 Å². The Labute approximate surface area is 374 Å². The minimum absolute atomic E-state index is 0. The number of Topliss-reactive ketones (excluding diaryl/α,β-unsaturated/α-hetero) is 2. The maximum absolute atomic E-state index is 12.2. The van der Waals surface area contributed by atoms with Gasteiger partial charge in [-0.05, 0) is 63.8 Å². The van der Waals surface area contributed by atoms with E-state index in [4.69, 9.17) is 39.2 Å². The van der Waals surface area contributed by atoms with Crippen LogP contribution in [0.1, 0.15) is 63.8 Å². The summed E-state index contributed by atoms with van der Waals surface area (Å²) in [6.45, 7) is 8.20. The molecule has 0 radical (unpaired) electrons. The summed E-state index contributed by atoms with van der Waals surface area (Å²) in [5.41, 5.74) is 0.846. The number of para-hydroxylation sites is 2. The van der Waals surface area contributed by atoms with Crippen LogP contribution in [0.3, 0.4) is 0 Å². The van der Waals surface area contributed by atoms with Crippen molar-refractivity contribution in [3.05, 3.63) is 82.9 Å². The Kier molecular flexibility index (Phi) is 46.3. The van der Waals surface area contributed by atoms with Crippen molar-refractivity contribution in [1.82, 2.24) is 0 Å². The smallest absolute Gasteiger partial charge is 0.872 e. The molecular weight excluding hydrogens is 925 g/mol. The van der Waals surface area contributed by atoms with E-state index in [-0.39, 0.29) is 125 Å². The van der Waals surface area contributed by atoms with Crippen molar-refractivity contribution in [2.75, 3.05) is 26.4 Å². The third-order valence-electron chi connectivity index (χ3n) is 4.61. The third-order valence-corrected chi connectivity index (χ3v) is 4.61. The fraction of sp³-hybridized carbons (Fsp3) is 0.278. The van der Waals surface area contributed by atoms with Crippen molar-refractivity contribution in [2.45, 2.75) is 41.5 Å². The van der Waals surface area contributed by atoms with Gasteiger partial charge in [-0.15, -0.1) is 11.5 Å². The third kappa shape index (κ3) is 40.5. The second-order valence-corrected chi connectivity index (χ2v) is 10.0. The number of nitrogens with zero attached hydrogens (tertiary/aromatic N) is 4. The van der Waals surface area contributed by atoms with Gasteiger partial charge in [0.2, 0.25) is 0 Å². The van der Waals surface area contributed by atoms with E-state index in [0.717, 1.165) is 26.3 Å². The average Bonchev–Trinajstić information content (AvgIpc) is 3.06. The second-order valence-electron chi connectivity index (χ2n) is 10.0. The number of aliphatic carboxylic acids is 2. The van der Waals surface area contributed by atoms with Crippen LogP contribution in [0.4, 0.5) is 0 Å². The van der Waals surface area contributed by atoms with E-state index in [2.05, 4.69) is 20.6 Å². The van der Waals surface area contributed by atoms with E-state index >= 15 is 0 Å². The number of ketones is 2. The molecule has 3 aromatic carbocycles. The molecule has 0 aliphatic heterocycles. The summed E-state index contributed by atoms with van der Waals surface area (Å²) < 4.78 is 0. The molecule has 0 fully saturated rings. The first-order valence-electron chi connectivity index (χ1n) is 15.4. The van der Waals surface area contributed by atoms with Gasteiger partial charge in [0.05, 0.1) is 24.9 Å². The van der Waals surface area contributed by atoms with E-state index in [1.165, 1.54) is 64.4 Å². The van der Waals surface area contributed by atoms with Crippen LogP contribution < -0.4 is 30.6 Å². The van der Waals surface area contributed by atoms with Crippen molar-refractivity contribution >= 4 is 48.4 Å². The molecule has 0 saturated carbocycles. The van der Waals surface area contributed by atoms with Crippen LogP contribution in [0, 0.1) is 0 Å². The number of carbonyl (C=O) groups excluding carboxylic acids is 4. The van der Waals surface area contributed by atoms with E-state index in [0.29, 0.717) is 11.1 Å². The van der Waals surface area contributed by atoms with Crippen LogP contribution in [0.2, 0.25) is 0 Å². The molecule has 58 heavy (non-hydrogen) atoms. The number of hydrogen-bond donors (Lipinski definition) is 0. The van der Waals surface area contributed by atoms with Crippen LogP contribution in [0.25, 0.3) is 0 Å². The zero-order chi connectivity index (χ0) is 41.3. The van der Waals surface area contributed by atoms with Gasteiger partial charge in [0.15, 0.2) is 26.4 Å². The molecule has 0 amide bonds. The monoisotopic (exact) mass is 963 g/mol. The molecular formula is C36H43N4O15Zn3+. The molecule has 0 aliphatic carbocycles. The van der Waals surface area contributed by atoms with Gasteiger partial charge in [-0.25, -0.2) is 0 Å².